The Morgan fingerprint density at radius 2 is 1.85 bits per heavy atom. The molecule has 0 saturated heterocycles. The number of fused-ring (bicyclic) bond motifs is 1. The summed E-state index contributed by atoms with van der Waals surface area (Å²) in [6.07, 6.45) is 7.61. The van der Waals surface area contributed by atoms with Crippen molar-refractivity contribution < 1.29 is 14.3 Å². The summed E-state index contributed by atoms with van der Waals surface area (Å²) in [4.78, 5) is 12.5. The molecule has 0 spiro atoms. The van der Waals surface area contributed by atoms with Crippen molar-refractivity contribution in [1.82, 2.24) is 5.32 Å². The molecule has 1 saturated carbocycles. The molecule has 146 valence electrons. The first kappa shape index (κ1) is 19.7. The molecule has 0 aromatic heterocycles. The lowest BCUT2D eigenvalue weighted by Gasteiger charge is -2.22. The minimum absolute atomic E-state index is 0.0699. The smallest absolute Gasteiger partial charge is 0.227 e. The number of hydrogen-bond donors (Lipinski definition) is 1. The maximum absolute atomic E-state index is 12.5. The lowest BCUT2D eigenvalue weighted by molar-refractivity contribution is -0.122. The molecule has 1 fully saturated rings. The van der Waals surface area contributed by atoms with E-state index in [4.69, 9.17) is 9.47 Å². The van der Waals surface area contributed by atoms with E-state index in [1.807, 2.05) is 31.2 Å². The van der Waals surface area contributed by atoms with Crippen molar-refractivity contribution in [2.75, 3.05) is 20.3 Å². The molecular weight excluding hydrogens is 338 g/mol. The van der Waals surface area contributed by atoms with E-state index in [1.54, 1.807) is 7.11 Å². The van der Waals surface area contributed by atoms with Crippen LogP contribution in [0.5, 0.6) is 5.75 Å². The molecule has 1 amide bonds. The molecule has 4 heteroatoms. The summed E-state index contributed by atoms with van der Waals surface area (Å²) in [5, 5.41) is 5.28. The fourth-order valence-corrected chi connectivity index (χ4v) is 3.71. The average Bonchev–Trinajstić information content (AvgIpc) is 2.72. The van der Waals surface area contributed by atoms with Crippen molar-refractivity contribution in [3.05, 3.63) is 42.0 Å². The highest BCUT2D eigenvalue weighted by Crippen LogP contribution is 2.25. The third kappa shape index (κ3) is 5.46. The van der Waals surface area contributed by atoms with E-state index in [0.29, 0.717) is 12.6 Å². The van der Waals surface area contributed by atoms with E-state index in [0.717, 1.165) is 35.1 Å². The number of hydrogen-bond acceptors (Lipinski definition) is 3. The zero-order valence-electron chi connectivity index (χ0n) is 16.5. The minimum Gasteiger partial charge on any atom is -0.497 e. The molecule has 1 atom stereocenters. The van der Waals surface area contributed by atoms with Crippen LogP contribution in [0.3, 0.4) is 0 Å². The highest BCUT2D eigenvalue weighted by atomic mass is 16.5. The molecule has 1 aliphatic rings. The Morgan fingerprint density at radius 3 is 2.63 bits per heavy atom. The Balaban J connectivity index is 1.45. The van der Waals surface area contributed by atoms with Gasteiger partial charge in [-0.05, 0) is 54.7 Å². The van der Waals surface area contributed by atoms with Crippen molar-refractivity contribution in [3.8, 4) is 5.75 Å². The van der Waals surface area contributed by atoms with Crippen molar-refractivity contribution in [2.24, 2.45) is 0 Å². The Morgan fingerprint density at radius 1 is 1.11 bits per heavy atom. The number of carbonyl (C=O) groups excluding carboxylic acids is 1. The van der Waals surface area contributed by atoms with Gasteiger partial charge in [-0.3, -0.25) is 4.79 Å². The molecule has 0 radical (unpaired) electrons. The van der Waals surface area contributed by atoms with Gasteiger partial charge in [-0.25, -0.2) is 0 Å². The number of rotatable bonds is 8. The summed E-state index contributed by atoms with van der Waals surface area (Å²) in [6, 6.07) is 12.2. The van der Waals surface area contributed by atoms with Gasteiger partial charge in [0.1, 0.15) is 5.75 Å². The van der Waals surface area contributed by atoms with Crippen molar-refractivity contribution in [2.45, 2.75) is 57.5 Å². The van der Waals surface area contributed by atoms with Gasteiger partial charge in [-0.2, -0.15) is 0 Å². The van der Waals surface area contributed by atoms with Gasteiger partial charge in [0.05, 0.1) is 19.1 Å². The quantitative estimate of drug-likeness (QED) is 0.680. The third-order valence-corrected chi connectivity index (χ3v) is 5.49. The normalized spacial score (nSPS) is 16.2. The molecule has 2 aromatic carbocycles. The van der Waals surface area contributed by atoms with Crippen molar-refractivity contribution >= 4 is 16.7 Å². The van der Waals surface area contributed by atoms with Crippen LogP contribution >= 0.6 is 0 Å². The van der Waals surface area contributed by atoms with Gasteiger partial charge in [-0.15, -0.1) is 0 Å². The van der Waals surface area contributed by atoms with Gasteiger partial charge < -0.3 is 14.8 Å². The topological polar surface area (TPSA) is 47.6 Å². The first-order chi connectivity index (χ1) is 13.2. The lowest BCUT2D eigenvalue weighted by Crippen LogP contribution is -2.29. The van der Waals surface area contributed by atoms with Gasteiger partial charge in [0.25, 0.3) is 0 Å². The first-order valence-electron chi connectivity index (χ1n) is 10.1. The fraction of sp³-hybridized carbons (Fsp3) is 0.522. The van der Waals surface area contributed by atoms with Crippen LogP contribution in [0.15, 0.2) is 36.4 Å². The standard InChI is InChI=1S/C23H31NO3/c1-17(18-9-10-20-16-22(26-2)12-11-19(20)15-18)23(25)24-13-6-14-27-21-7-4-3-5-8-21/h9-12,15-17,21H,3-8,13-14H2,1-2H3,(H,24,25). The van der Waals surface area contributed by atoms with Gasteiger partial charge in [-0.1, -0.05) is 43.5 Å². The molecule has 27 heavy (non-hydrogen) atoms. The number of ether oxygens (including phenoxy) is 2. The van der Waals surface area contributed by atoms with Gasteiger partial charge >= 0.3 is 0 Å². The summed E-state index contributed by atoms with van der Waals surface area (Å²) in [5.74, 6) is 0.743. The van der Waals surface area contributed by atoms with Crippen molar-refractivity contribution in [3.63, 3.8) is 0 Å². The summed E-state index contributed by atoms with van der Waals surface area (Å²) >= 11 is 0. The number of carbonyl (C=O) groups is 1. The van der Waals surface area contributed by atoms with Crippen LogP contribution in [0.2, 0.25) is 0 Å². The van der Waals surface area contributed by atoms with Crippen molar-refractivity contribution in [1.29, 1.82) is 0 Å². The minimum atomic E-state index is -0.171. The molecule has 1 N–H and O–H groups in total. The number of nitrogens with one attached hydrogen (secondary N) is 1. The molecular formula is C23H31NO3. The van der Waals surface area contributed by atoms with Crippen LogP contribution in [0.25, 0.3) is 10.8 Å². The Kier molecular flexibility index (Phi) is 7.11. The molecule has 0 bridgehead atoms. The van der Waals surface area contributed by atoms with Crippen LogP contribution in [-0.2, 0) is 9.53 Å². The largest absolute Gasteiger partial charge is 0.497 e. The fourth-order valence-electron chi connectivity index (χ4n) is 3.71. The highest BCUT2D eigenvalue weighted by Gasteiger charge is 2.16. The maximum atomic E-state index is 12.5. The first-order valence-corrected chi connectivity index (χ1v) is 10.1. The number of benzene rings is 2. The molecule has 3 rings (SSSR count). The second kappa shape index (κ2) is 9.75. The highest BCUT2D eigenvalue weighted by molar-refractivity contribution is 5.88. The van der Waals surface area contributed by atoms with E-state index >= 15 is 0 Å². The SMILES string of the molecule is COc1ccc2cc(C(C)C(=O)NCCCOC3CCCCC3)ccc2c1. The maximum Gasteiger partial charge on any atom is 0.227 e. The Bertz CT molecular complexity index is 752. The molecule has 0 aliphatic heterocycles. The molecule has 2 aromatic rings. The summed E-state index contributed by atoms with van der Waals surface area (Å²) in [6.45, 7) is 3.36. The Labute approximate surface area is 162 Å². The van der Waals surface area contributed by atoms with Crippen LogP contribution in [-0.4, -0.2) is 32.3 Å². The Hall–Kier alpha value is -2.07. The average molecular weight is 370 g/mol. The van der Waals surface area contributed by atoms with Crippen LogP contribution < -0.4 is 10.1 Å². The predicted octanol–water partition coefficient (Wildman–Crippen LogP) is 4.81. The van der Waals surface area contributed by atoms with Crippen LogP contribution in [0.4, 0.5) is 0 Å². The third-order valence-electron chi connectivity index (χ3n) is 5.49. The number of methoxy groups -OCH3 is 1. The zero-order chi connectivity index (χ0) is 19.1. The predicted molar refractivity (Wildman–Crippen MR) is 109 cm³/mol. The second-order valence-electron chi connectivity index (χ2n) is 7.47. The lowest BCUT2D eigenvalue weighted by atomic mass is 9.97. The zero-order valence-corrected chi connectivity index (χ0v) is 16.5. The summed E-state index contributed by atoms with van der Waals surface area (Å²) < 4.78 is 11.2. The monoisotopic (exact) mass is 369 g/mol. The second-order valence-corrected chi connectivity index (χ2v) is 7.47. The van der Waals surface area contributed by atoms with Crippen LogP contribution in [0.1, 0.15) is 56.9 Å². The summed E-state index contributed by atoms with van der Waals surface area (Å²) in [7, 11) is 1.67. The van der Waals surface area contributed by atoms with E-state index < -0.39 is 0 Å². The molecule has 1 unspecified atom stereocenters. The van der Waals surface area contributed by atoms with E-state index in [-0.39, 0.29) is 11.8 Å². The van der Waals surface area contributed by atoms with E-state index in [1.165, 1.54) is 32.1 Å². The molecule has 1 aliphatic carbocycles. The summed E-state index contributed by atoms with van der Waals surface area (Å²) in [5.41, 5.74) is 1.03. The van der Waals surface area contributed by atoms with Gasteiger partial charge in [0.2, 0.25) is 5.91 Å². The van der Waals surface area contributed by atoms with Gasteiger partial charge in [0, 0.05) is 13.2 Å². The molecule has 4 nitrogen and oxygen atoms in total. The number of amides is 1. The molecule has 0 heterocycles. The van der Waals surface area contributed by atoms with E-state index in [2.05, 4.69) is 17.4 Å². The van der Waals surface area contributed by atoms with E-state index in [9.17, 15) is 4.79 Å². The van der Waals surface area contributed by atoms with Crippen LogP contribution in [0, 0.1) is 0 Å². The van der Waals surface area contributed by atoms with Gasteiger partial charge in [0.15, 0.2) is 0 Å².